The molecular weight excluding hydrogens is 490 g/mol. The number of aromatic nitrogens is 2. The molecule has 0 atom stereocenters. The van der Waals surface area contributed by atoms with E-state index in [1.54, 1.807) is 12.5 Å². The van der Waals surface area contributed by atoms with Gasteiger partial charge in [-0.1, -0.05) is 5.73 Å². The summed E-state index contributed by atoms with van der Waals surface area (Å²) in [5.74, 6) is 3.83. The van der Waals surface area contributed by atoms with Crippen LogP contribution in [0.15, 0.2) is 90.0 Å². The maximum absolute atomic E-state index is 6.16. The second-order valence-electron chi connectivity index (χ2n) is 9.78. The number of nitrogens with zero attached hydrogens (tertiary/aromatic N) is 6. The van der Waals surface area contributed by atoms with E-state index in [1.165, 1.54) is 0 Å². The number of anilines is 2. The zero-order chi connectivity index (χ0) is 26.6. The number of piperazine rings is 1. The van der Waals surface area contributed by atoms with E-state index < -0.39 is 0 Å². The van der Waals surface area contributed by atoms with Crippen molar-refractivity contribution in [3.63, 3.8) is 0 Å². The molecule has 1 saturated heterocycles. The van der Waals surface area contributed by atoms with Gasteiger partial charge in [-0.25, -0.2) is 15.0 Å². The number of likely N-dealkylation sites (N-methyl/N-ethyl adjacent to an activating group) is 1. The van der Waals surface area contributed by atoms with Crippen LogP contribution in [-0.2, 0) is 0 Å². The van der Waals surface area contributed by atoms with Gasteiger partial charge in [-0.2, -0.15) is 0 Å². The van der Waals surface area contributed by atoms with Gasteiger partial charge >= 0.3 is 0 Å². The summed E-state index contributed by atoms with van der Waals surface area (Å²) in [6.07, 6.45) is 10.8. The molecule has 9 heteroatoms. The quantitative estimate of drug-likeness (QED) is 0.436. The van der Waals surface area contributed by atoms with Crippen LogP contribution < -0.4 is 14.8 Å². The number of amidine groups is 1. The van der Waals surface area contributed by atoms with E-state index in [-0.39, 0.29) is 0 Å². The fourth-order valence-corrected chi connectivity index (χ4v) is 4.67. The van der Waals surface area contributed by atoms with Gasteiger partial charge in [0.2, 0.25) is 0 Å². The van der Waals surface area contributed by atoms with E-state index in [2.05, 4.69) is 42.9 Å². The van der Waals surface area contributed by atoms with Gasteiger partial charge in [-0.15, -0.1) is 0 Å². The van der Waals surface area contributed by atoms with Gasteiger partial charge in [0.1, 0.15) is 41.8 Å². The first kappa shape index (κ1) is 24.9. The van der Waals surface area contributed by atoms with Crippen molar-refractivity contribution in [2.24, 2.45) is 4.99 Å². The standard InChI is InChI=1S/C30H31N7O2/c1-22-18-23(4-7-28(22)39-25-8-11-37-10-3-9-31-29(37)20-25)34-30-26-19-24(5-6-27(26)32-21-33-30)38-17-16-36-14-12-35(2)13-15-36/h4-11,18-21H,12-17H2,1-2H3,(H,32,33,34). The Morgan fingerprint density at radius 1 is 1.05 bits per heavy atom. The highest BCUT2D eigenvalue weighted by atomic mass is 16.5. The molecule has 0 spiro atoms. The van der Waals surface area contributed by atoms with Crippen molar-refractivity contribution in [2.75, 3.05) is 51.7 Å². The van der Waals surface area contributed by atoms with Gasteiger partial charge in [0.15, 0.2) is 0 Å². The SMILES string of the molecule is Cc1cc(Nc2ncnc3ccc(OCCN4CCN(C)CC4)cc23)ccc1OC1=CC2=NC=C=CN2C=C1. The van der Waals surface area contributed by atoms with Crippen LogP contribution >= 0.6 is 0 Å². The Bertz CT molecular complexity index is 1530. The van der Waals surface area contributed by atoms with E-state index in [0.717, 1.165) is 83.8 Å². The minimum Gasteiger partial charge on any atom is -0.492 e. The summed E-state index contributed by atoms with van der Waals surface area (Å²) >= 11 is 0. The molecule has 0 aliphatic carbocycles. The van der Waals surface area contributed by atoms with Crippen molar-refractivity contribution in [3.8, 4) is 11.5 Å². The van der Waals surface area contributed by atoms with Crippen LogP contribution in [0.4, 0.5) is 11.5 Å². The summed E-state index contributed by atoms with van der Waals surface area (Å²) in [7, 11) is 2.17. The molecule has 2 aromatic carbocycles. The number of nitrogens with one attached hydrogen (secondary N) is 1. The zero-order valence-electron chi connectivity index (χ0n) is 22.2. The van der Waals surface area contributed by atoms with E-state index in [4.69, 9.17) is 9.47 Å². The molecule has 3 aliphatic rings. The number of benzene rings is 2. The fraction of sp³-hybridized carbons (Fsp3) is 0.267. The Balaban J connectivity index is 1.13. The molecule has 1 aromatic heterocycles. The molecule has 0 saturated carbocycles. The number of aryl methyl sites for hydroxylation is 1. The van der Waals surface area contributed by atoms with Crippen molar-refractivity contribution in [2.45, 2.75) is 6.92 Å². The smallest absolute Gasteiger partial charge is 0.141 e. The molecular formula is C30H31N7O2. The molecule has 3 aromatic rings. The second-order valence-corrected chi connectivity index (χ2v) is 9.78. The molecule has 0 bridgehead atoms. The minimum atomic E-state index is 0.650. The fourth-order valence-electron chi connectivity index (χ4n) is 4.67. The monoisotopic (exact) mass is 521 g/mol. The third-order valence-corrected chi connectivity index (χ3v) is 6.96. The number of aliphatic imine (C=N–C) groups is 1. The number of fused-ring (bicyclic) bond motifs is 2. The summed E-state index contributed by atoms with van der Waals surface area (Å²) in [4.78, 5) is 20.0. The maximum atomic E-state index is 6.16. The number of hydrogen-bond acceptors (Lipinski definition) is 9. The van der Waals surface area contributed by atoms with Crippen LogP contribution in [0.25, 0.3) is 10.9 Å². The van der Waals surface area contributed by atoms with Gasteiger partial charge in [0.25, 0.3) is 0 Å². The highest BCUT2D eigenvalue weighted by molar-refractivity contribution is 5.97. The summed E-state index contributed by atoms with van der Waals surface area (Å²) in [5.41, 5.74) is 5.72. The highest BCUT2D eigenvalue weighted by Crippen LogP contribution is 2.30. The Morgan fingerprint density at radius 3 is 2.82 bits per heavy atom. The highest BCUT2D eigenvalue weighted by Gasteiger charge is 2.15. The normalized spacial score (nSPS) is 17.1. The summed E-state index contributed by atoms with van der Waals surface area (Å²) in [5, 5.41) is 4.36. The number of allylic oxidation sites excluding steroid dienone is 1. The lowest BCUT2D eigenvalue weighted by molar-refractivity contribution is 0.134. The lowest BCUT2D eigenvalue weighted by Crippen LogP contribution is -2.45. The molecule has 3 aliphatic heterocycles. The van der Waals surface area contributed by atoms with Crippen LogP contribution in [0.2, 0.25) is 0 Å². The molecule has 4 heterocycles. The van der Waals surface area contributed by atoms with Crippen LogP contribution in [0.5, 0.6) is 11.5 Å². The number of rotatable bonds is 8. The van der Waals surface area contributed by atoms with Crippen molar-refractivity contribution in [1.82, 2.24) is 24.7 Å². The topological polar surface area (TPSA) is 78.4 Å². The Kier molecular flexibility index (Phi) is 7.10. The first-order chi connectivity index (χ1) is 19.1. The Morgan fingerprint density at radius 2 is 1.95 bits per heavy atom. The average molecular weight is 522 g/mol. The first-order valence-corrected chi connectivity index (χ1v) is 13.1. The maximum Gasteiger partial charge on any atom is 0.141 e. The molecule has 0 radical (unpaired) electrons. The predicted octanol–water partition coefficient (Wildman–Crippen LogP) is 4.44. The molecule has 1 N–H and O–H groups in total. The van der Waals surface area contributed by atoms with Crippen molar-refractivity contribution in [1.29, 1.82) is 0 Å². The minimum absolute atomic E-state index is 0.650. The average Bonchev–Trinajstić information content (AvgIpc) is 2.96. The summed E-state index contributed by atoms with van der Waals surface area (Å²) < 4.78 is 12.3. The van der Waals surface area contributed by atoms with Crippen LogP contribution in [0, 0.1) is 6.92 Å². The lowest BCUT2D eigenvalue weighted by atomic mass is 10.2. The predicted molar refractivity (Wildman–Crippen MR) is 153 cm³/mol. The Hall–Kier alpha value is -4.43. The largest absolute Gasteiger partial charge is 0.492 e. The van der Waals surface area contributed by atoms with Crippen molar-refractivity contribution < 1.29 is 9.47 Å². The van der Waals surface area contributed by atoms with Crippen LogP contribution in [0.3, 0.4) is 0 Å². The molecule has 0 amide bonds. The van der Waals surface area contributed by atoms with E-state index in [0.29, 0.717) is 6.61 Å². The third kappa shape index (κ3) is 5.86. The van der Waals surface area contributed by atoms with Gasteiger partial charge in [-0.3, -0.25) is 4.90 Å². The van der Waals surface area contributed by atoms with Crippen molar-refractivity contribution >= 4 is 28.2 Å². The van der Waals surface area contributed by atoms with Crippen LogP contribution in [0.1, 0.15) is 5.56 Å². The van der Waals surface area contributed by atoms with E-state index in [1.807, 2.05) is 72.8 Å². The number of ether oxygens (including phenoxy) is 2. The Labute approximate surface area is 228 Å². The third-order valence-electron chi connectivity index (χ3n) is 6.96. The van der Waals surface area contributed by atoms with Gasteiger partial charge < -0.3 is 24.6 Å². The summed E-state index contributed by atoms with van der Waals surface area (Å²) in [6, 6.07) is 11.9. The number of hydrogen-bond donors (Lipinski definition) is 1. The van der Waals surface area contributed by atoms with Gasteiger partial charge in [-0.05, 0) is 62.0 Å². The second kappa shape index (κ2) is 11.1. The molecule has 198 valence electrons. The molecule has 1 fully saturated rings. The molecule has 6 rings (SSSR count). The van der Waals surface area contributed by atoms with E-state index >= 15 is 0 Å². The lowest BCUT2D eigenvalue weighted by Gasteiger charge is -2.32. The first-order valence-electron chi connectivity index (χ1n) is 13.1. The van der Waals surface area contributed by atoms with Gasteiger partial charge in [0, 0.05) is 56.1 Å². The molecule has 0 unspecified atom stereocenters. The molecule has 39 heavy (non-hydrogen) atoms. The summed E-state index contributed by atoms with van der Waals surface area (Å²) in [6.45, 7) is 7.97. The van der Waals surface area contributed by atoms with Crippen molar-refractivity contribution in [3.05, 3.63) is 90.5 Å². The molecule has 9 nitrogen and oxygen atoms in total. The van der Waals surface area contributed by atoms with E-state index in [9.17, 15) is 0 Å². The van der Waals surface area contributed by atoms with Gasteiger partial charge in [0.05, 0.1) is 17.9 Å². The zero-order valence-corrected chi connectivity index (χ0v) is 22.2. The van der Waals surface area contributed by atoms with Crippen LogP contribution in [-0.4, -0.2) is 76.9 Å².